The van der Waals surface area contributed by atoms with Crippen LogP contribution in [0.2, 0.25) is 0 Å². The van der Waals surface area contributed by atoms with E-state index in [4.69, 9.17) is 4.74 Å². The van der Waals surface area contributed by atoms with Crippen LogP contribution < -0.4 is 5.32 Å². The predicted molar refractivity (Wildman–Crippen MR) is 31.0 cm³/mol. The molecule has 2 rings (SSSR count). The van der Waals surface area contributed by atoms with Gasteiger partial charge in [-0.3, -0.25) is 0 Å². The van der Waals surface area contributed by atoms with Crippen molar-refractivity contribution in [2.24, 2.45) is 5.92 Å². The second kappa shape index (κ2) is 1.92. The molecule has 2 aliphatic rings. The van der Waals surface area contributed by atoms with Gasteiger partial charge in [-0.25, -0.2) is 4.39 Å². The molecule has 0 aromatic carbocycles. The predicted octanol–water partition coefficient (Wildman–Crippen LogP) is -0.0573. The summed E-state index contributed by atoms with van der Waals surface area (Å²) in [7, 11) is 0. The van der Waals surface area contributed by atoms with Gasteiger partial charge in [0, 0.05) is 18.5 Å². The molecular weight excluding hydrogens is 121 g/mol. The van der Waals surface area contributed by atoms with E-state index in [1.807, 2.05) is 0 Å². The van der Waals surface area contributed by atoms with Gasteiger partial charge in [0.1, 0.15) is 6.17 Å². The van der Waals surface area contributed by atoms with Gasteiger partial charge in [-0.1, -0.05) is 0 Å². The van der Waals surface area contributed by atoms with Gasteiger partial charge in [-0.05, 0) is 0 Å². The van der Waals surface area contributed by atoms with Crippen LogP contribution in [0.25, 0.3) is 0 Å². The average molecular weight is 131 g/mol. The lowest BCUT2D eigenvalue weighted by Gasteiger charge is -1.98. The maximum absolute atomic E-state index is 12.5. The molecule has 1 saturated carbocycles. The monoisotopic (exact) mass is 131 g/mol. The Balaban J connectivity index is 1.93. The molecule has 0 spiro atoms. The Hall–Kier alpha value is -0.150. The molecule has 3 unspecified atom stereocenters. The fraction of sp³-hybridized carbons (Fsp3) is 1.00. The Morgan fingerprint density at radius 2 is 2.44 bits per heavy atom. The molecule has 9 heavy (non-hydrogen) atoms. The molecule has 3 heteroatoms. The zero-order valence-electron chi connectivity index (χ0n) is 5.14. The standard InChI is InChI=1S/C6H10FNO/c7-5-4-3-9-2-1-8-6(4)5/h4-6,8H,1-3H2. The molecule has 2 nitrogen and oxygen atoms in total. The minimum atomic E-state index is -0.634. The van der Waals surface area contributed by atoms with Crippen LogP contribution in [-0.2, 0) is 4.74 Å². The largest absolute Gasteiger partial charge is 0.380 e. The van der Waals surface area contributed by atoms with E-state index in [-0.39, 0.29) is 12.0 Å². The number of alkyl halides is 1. The van der Waals surface area contributed by atoms with Crippen molar-refractivity contribution in [3.8, 4) is 0 Å². The van der Waals surface area contributed by atoms with Gasteiger partial charge in [-0.2, -0.15) is 0 Å². The molecule has 0 bridgehead atoms. The Bertz CT molecular complexity index is 108. The zero-order chi connectivity index (χ0) is 6.27. The minimum absolute atomic E-state index is 0.118. The molecular formula is C6H10FNO. The summed E-state index contributed by atoms with van der Waals surface area (Å²) in [4.78, 5) is 0. The van der Waals surface area contributed by atoms with E-state index in [0.29, 0.717) is 6.61 Å². The number of rotatable bonds is 0. The van der Waals surface area contributed by atoms with E-state index in [9.17, 15) is 4.39 Å². The lowest BCUT2D eigenvalue weighted by molar-refractivity contribution is 0.129. The van der Waals surface area contributed by atoms with Crippen molar-refractivity contribution in [2.45, 2.75) is 12.2 Å². The number of hydrogen-bond acceptors (Lipinski definition) is 2. The van der Waals surface area contributed by atoms with Crippen molar-refractivity contribution >= 4 is 0 Å². The Morgan fingerprint density at radius 1 is 1.56 bits per heavy atom. The van der Waals surface area contributed by atoms with E-state index in [0.717, 1.165) is 13.2 Å². The molecule has 0 amide bonds. The fourth-order valence-corrected chi connectivity index (χ4v) is 1.31. The van der Waals surface area contributed by atoms with E-state index in [1.165, 1.54) is 0 Å². The quantitative estimate of drug-likeness (QED) is 0.497. The molecule has 1 N–H and O–H groups in total. The zero-order valence-corrected chi connectivity index (χ0v) is 5.14. The summed E-state index contributed by atoms with van der Waals surface area (Å²) in [5, 5.41) is 3.07. The molecule has 1 saturated heterocycles. The summed E-state index contributed by atoms with van der Waals surface area (Å²) in [6.45, 7) is 2.15. The van der Waals surface area contributed by atoms with Crippen molar-refractivity contribution in [3.63, 3.8) is 0 Å². The molecule has 0 radical (unpaired) electrons. The lowest BCUT2D eigenvalue weighted by Crippen LogP contribution is -2.21. The number of ether oxygens (including phenoxy) is 1. The topological polar surface area (TPSA) is 21.3 Å². The summed E-state index contributed by atoms with van der Waals surface area (Å²) in [5.74, 6) is 0.160. The highest BCUT2D eigenvalue weighted by Gasteiger charge is 2.51. The normalized spacial score (nSPS) is 49.7. The summed E-state index contributed by atoms with van der Waals surface area (Å²) in [5.41, 5.74) is 0. The van der Waals surface area contributed by atoms with Crippen LogP contribution >= 0.6 is 0 Å². The van der Waals surface area contributed by atoms with Gasteiger partial charge < -0.3 is 10.1 Å². The highest BCUT2D eigenvalue weighted by molar-refractivity contribution is 5.04. The maximum Gasteiger partial charge on any atom is 0.122 e. The first-order chi connectivity index (χ1) is 4.39. The molecule has 1 heterocycles. The first kappa shape index (κ1) is 5.62. The molecule has 0 aromatic rings. The van der Waals surface area contributed by atoms with Gasteiger partial charge in [-0.15, -0.1) is 0 Å². The van der Waals surface area contributed by atoms with E-state index < -0.39 is 6.17 Å². The van der Waals surface area contributed by atoms with Crippen LogP contribution in [0.3, 0.4) is 0 Å². The molecule has 1 aliphatic heterocycles. The van der Waals surface area contributed by atoms with E-state index in [2.05, 4.69) is 5.32 Å². The van der Waals surface area contributed by atoms with Gasteiger partial charge in [0.05, 0.1) is 13.2 Å². The summed E-state index contributed by atoms with van der Waals surface area (Å²) in [6, 6.07) is 0.118. The van der Waals surface area contributed by atoms with E-state index in [1.54, 1.807) is 0 Å². The second-order valence-corrected chi connectivity index (χ2v) is 2.66. The first-order valence-electron chi connectivity index (χ1n) is 3.35. The van der Waals surface area contributed by atoms with Crippen LogP contribution in [0.4, 0.5) is 4.39 Å². The number of fused-ring (bicyclic) bond motifs is 1. The van der Waals surface area contributed by atoms with Crippen molar-refractivity contribution in [1.29, 1.82) is 0 Å². The number of hydrogen-bond donors (Lipinski definition) is 1. The van der Waals surface area contributed by atoms with Crippen molar-refractivity contribution < 1.29 is 9.13 Å². The van der Waals surface area contributed by atoms with Crippen LogP contribution in [-0.4, -0.2) is 32.0 Å². The Morgan fingerprint density at radius 3 is 3.33 bits per heavy atom. The molecule has 2 fully saturated rings. The lowest BCUT2D eigenvalue weighted by atomic mass is 10.4. The third-order valence-corrected chi connectivity index (χ3v) is 2.01. The van der Waals surface area contributed by atoms with Gasteiger partial charge in [0.25, 0.3) is 0 Å². The van der Waals surface area contributed by atoms with Crippen LogP contribution in [0.5, 0.6) is 0 Å². The minimum Gasteiger partial charge on any atom is -0.380 e. The van der Waals surface area contributed by atoms with Gasteiger partial charge in [0.2, 0.25) is 0 Å². The maximum atomic E-state index is 12.5. The smallest absolute Gasteiger partial charge is 0.122 e. The highest BCUT2D eigenvalue weighted by Crippen LogP contribution is 2.35. The molecule has 3 atom stereocenters. The van der Waals surface area contributed by atoms with Gasteiger partial charge in [0.15, 0.2) is 0 Å². The van der Waals surface area contributed by atoms with Crippen LogP contribution in [0, 0.1) is 5.92 Å². The van der Waals surface area contributed by atoms with Crippen LogP contribution in [0.1, 0.15) is 0 Å². The molecule has 52 valence electrons. The number of nitrogens with one attached hydrogen (secondary N) is 1. The second-order valence-electron chi connectivity index (χ2n) is 2.66. The summed E-state index contributed by atoms with van der Waals surface area (Å²) in [6.07, 6.45) is -0.634. The van der Waals surface area contributed by atoms with E-state index >= 15 is 0 Å². The summed E-state index contributed by atoms with van der Waals surface area (Å²) >= 11 is 0. The highest BCUT2D eigenvalue weighted by atomic mass is 19.1. The third kappa shape index (κ3) is 0.843. The number of halogens is 1. The Labute approximate surface area is 53.4 Å². The average Bonchev–Trinajstić information content (AvgIpc) is 2.51. The van der Waals surface area contributed by atoms with Crippen molar-refractivity contribution in [1.82, 2.24) is 5.32 Å². The fourth-order valence-electron chi connectivity index (χ4n) is 1.31. The Kier molecular flexibility index (Phi) is 1.20. The molecule has 1 aliphatic carbocycles. The van der Waals surface area contributed by atoms with Crippen LogP contribution in [0.15, 0.2) is 0 Å². The van der Waals surface area contributed by atoms with Crippen molar-refractivity contribution in [3.05, 3.63) is 0 Å². The first-order valence-corrected chi connectivity index (χ1v) is 3.35. The van der Waals surface area contributed by atoms with Crippen molar-refractivity contribution in [2.75, 3.05) is 19.8 Å². The summed E-state index contributed by atoms with van der Waals surface area (Å²) < 4.78 is 17.6. The SMILES string of the molecule is FC1C2COCCNC12. The van der Waals surface area contributed by atoms with Gasteiger partial charge >= 0.3 is 0 Å². The third-order valence-electron chi connectivity index (χ3n) is 2.01. The molecule has 0 aromatic heterocycles.